The van der Waals surface area contributed by atoms with E-state index in [9.17, 15) is 19.5 Å². The fourth-order valence-electron chi connectivity index (χ4n) is 4.01. The van der Waals surface area contributed by atoms with Crippen molar-refractivity contribution in [1.82, 2.24) is 4.98 Å². The quantitative estimate of drug-likeness (QED) is 0.197. The molecule has 2 heterocycles. The van der Waals surface area contributed by atoms with Crippen molar-refractivity contribution in [3.8, 4) is 11.5 Å². The highest BCUT2D eigenvalue weighted by Crippen LogP contribution is 2.44. The minimum absolute atomic E-state index is 0.102. The SMILES string of the molecule is CCCOc1cccc(C2/C(=C(\O)c3ccc(OC)cc3)C(=O)C(=O)N2c2nc(C)c(C(=O)OC)s2)c1. The lowest BCUT2D eigenvalue weighted by Gasteiger charge is -2.23. The van der Waals surface area contributed by atoms with Crippen LogP contribution in [0.15, 0.2) is 54.1 Å². The molecule has 1 fully saturated rings. The number of benzene rings is 2. The number of hydrogen-bond acceptors (Lipinski definition) is 9. The van der Waals surface area contributed by atoms with Crippen LogP contribution in [-0.2, 0) is 14.3 Å². The topological polar surface area (TPSA) is 115 Å². The van der Waals surface area contributed by atoms with Crippen molar-refractivity contribution in [3.05, 3.63) is 75.8 Å². The Kier molecular flexibility index (Phi) is 7.58. The first-order valence-corrected chi connectivity index (χ1v) is 12.4. The summed E-state index contributed by atoms with van der Waals surface area (Å²) in [5.41, 5.74) is 1.14. The molecule has 0 radical (unpaired) electrons. The van der Waals surface area contributed by atoms with Gasteiger partial charge in [-0.05, 0) is 55.3 Å². The van der Waals surface area contributed by atoms with Crippen molar-refractivity contribution in [2.75, 3.05) is 25.7 Å². The number of amides is 1. The average Bonchev–Trinajstić information content (AvgIpc) is 3.43. The Hall–Kier alpha value is -4.18. The number of aliphatic hydroxyl groups is 1. The number of carbonyl (C=O) groups excluding carboxylic acids is 3. The molecule has 0 aliphatic carbocycles. The number of nitrogens with zero attached hydrogens (tertiary/aromatic N) is 2. The summed E-state index contributed by atoms with van der Waals surface area (Å²) in [4.78, 5) is 44.8. The number of thiazole rings is 1. The second kappa shape index (κ2) is 10.8. The molecule has 3 aromatic rings. The van der Waals surface area contributed by atoms with E-state index in [1.165, 1.54) is 19.1 Å². The van der Waals surface area contributed by atoms with Crippen molar-refractivity contribution in [2.24, 2.45) is 0 Å². The lowest BCUT2D eigenvalue weighted by molar-refractivity contribution is -0.132. The Labute approximate surface area is 217 Å². The molecule has 0 bridgehead atoms. The zero-order chi connectivity index (χ0) is 26.7. The van der Waals surface area contributed by atoms with Crippen molar-refractivity contribution < 1.29 is 33.7 Å². The Balaban J connectivity index is 1.91. The smallest absolute Gasteiger partial charge is 0.350 e. The molecule has 37 heavy (non-hydrogen) atoms. The summed E-state index contributed by atoms with van der Waals surface area (Å²) in [5.74, 6) is -1.55. The molecule has 192 valence electrons. The largest absolute Gasteiger partial charge is 0.507 e. The van der Waals surface area contributed by atoms with Gasteiger partial charge in [0.25, 0.3) is 5.78 Å². The summed E-state index contributed by atoms with van der Waals surface area (Å²) in [5, 5.41) is 11.4. The molecule has 9 nitrogen and oxygen atoms in total. The third-order valence-corrected chi connectivity index (χ3v) is 6.95. The van der Waals surface area contributed by atoms with E-state index in [0.717, 1.165) is 17.8 Å². The Morgan fingerprint density at radius 2 is 1.84 bits per heavy atom. The molecule has 0 saturated carbocycles. The fourth-order valence-corrected chi connectivity index (χ4v) is 5.02. The van der Waals surface area contributed by atoms with E-state index in [1.54, 1.807) is 55.5 Å². The average molecular weight is 523 g/mol. The lowest BCUT2D eigenvalue weighted by atomic mass is 9.95. The normalized spacial score (nSPS) is 16.6. The van der Waals surface area contributed by atoms with E-state index >= 15 is 0 Å². The van der Waals surface area contributed by atoms with E-state index in [1.807, 2.05) is 6.92 Å². The number of hydrogen-bond donors (Lipinski definition) is 1. The molecule has 10 heteroatoms. The molecule has 1 saturated heterocycles. The lowest BCUT2D eigenvalue weighted by Crippen LogP contribution is -2.29. The highest BCUT2D eigenvalue weighted by molar-refractivity contribution is 7.17. The number of anilines is 1. The predicted molar refractivity (Wildman–Crippen MR) is 138 cm³/mol. The van der Waals surface area contributed by atoms with Crippen LogP contribution in [0.5, 0.6) is 11.5 Å². The van der Waals surface area contributed by atoms with E-state index in [2.05, 4.69) is 4.98 Å². The Morgan fingerprint density at radius 1 is 1.11 bits per heavy atom. The zero-order valence-electron chi connectivity index (χ0n) is 20.8. The molecule has 1 aliphatic heterocycles. The van der Waals surface area contributed by atoms with Gasteiger partial charge in [-0.25, -0.2) is 9.78 Å². The molecule has 1 atom stereocenters. The highest BCUT2D eigenvalue weighted by atomic mass is 32.1. The van der Waals surface area contributed by atoms with Crippen LogP contribution in [0.3, 0.4) is 0 Å². The van der Waals surface area contributed by atoms with Gasteiger partial charge in [0, 0.05) is 5.56 Å². The highest BCUT2D eigenvalue weighted by Gasteiger charge is 2.48. The van der Waals surface area contributed by atoms with Gasteiger partial charge in [-0.3, -0.25) is 14.5 Å². The van der Waals surface area contributed by atoms with E-state index < -0.39 is 23.7 Å². The molecule has 1 unspecified atom stereocenters. The number of aliphatic hydroxyl groups excluding tert-OH is 1. The van der Waals surface area contributed by atoms with Crippen molar-refractivity contribution in [2.45, 2.75) is 26.3 Å². The van der Waals surface area contributed by atoms with Crippen LogP contribution in [0.1, 0.15) is 45.9 Å². The summed E-state index contributed by atoms with van der Waals surface area (Å²) in [6.07, 6.45) is 0.800. The predicted octanol–water partition coefficient (Wildman–Crippen LogP) is 4.66. The summed E-state index contributed by atoms with van der Waals surface area (Å²) < 4.78 is 15.8. The first-order chi connectivity index (χ1) is 17.8. The summed E-state index contributed by atoms with van der Waals surface area (Å²) in [6.45, 7) is 4.09. The van der Waals surface area contributed by atoms with Gasteiger partial charge in [-0.15, -0.1) is 0 Å². The third-order valence-electron chi connectivity index (χ3n) is 5.82. The number of aryl methyl sites for hydroxylation is 1. The van der Waals surface area contributed by atoms with E-state index in [4.69, 9.17) is 14.2 Å². The first-order valence-electron chi connectivity index (χ1n) is 11.5. The summed E-state index contributed by atoms with van der Waals surface area (Å²) in [7, 11) is 2.77. The van der Waals surface area contributed by atoms with Crippen LogP contribution in [-0.4, -0.2) is 48.6 Å². The summed E-state index contributed by atoms with van der Waals surface area (Å²) >= 11 is 0.941. The number of aromatic nitrogens is 1. The molecular weight excluding hydrogens is 496 g/mol. The molecule has 0 spiro atoms. The Bertz CT molecular complexity index is 1380. The van der Waals surface area contributed by atoms with Crippen LogP contribution in [0.2, 0.25) is 0 Å². The van der Waals surface area contributed by atoms with Gasteiger partial charge in [-0.1, -0.05) is 30.4 Å². The minimum Gasteiger partial charge on any atom is -0.507 e. The Morgan fingerprint density at radius 3 is 2.49 bits per heavy atom. The second-order valence-electron chi connectivity index (χ2n) is 8.22. The zero-order valence-corrected chi connectivity index (χ0v) is 21.6. The first kappa shape index (κ1) is 25.9. The van der Waals surface area contributed by atoms with Crippen molar-refractivity contribution in [3.63, 3.8) is 0 Å². The van der Waals surface area contributed by atoms with Crippen LogP contribution in [0.25, 0.3) is 5.76 Å². The number of Topliss-reactive ketones (excluding diaryl/α,β-unsaturated/α-hetero) is 1. The molecule has 1 amide bonds. The van der Waals surface area contributed by atoms with Gasteiger partial charge in [0.15, 0.2) is 5.13 Å². The van der Waals surface area contributed by atoms with E-state index in [-0.39, 0.29) is 21.3 Å². The van der Waals surface area contributed by atoms with Gasteiger partial charge < -0.3 is 19.3 Å². The number of rotatable bonds is 8. The van der Waals surface area contributed by atoms with Crippen LogP contribution in [0.4, 0.5) is 5.13 Å². The number of ether oxygens (including phenoxy) is 3. The molecule has 4 rings (SSSR count). The van der Waals surface area contributed by atoms with E-state index in [0.29, 0.717) is 34.9 Å². The number of carbonyl (C=O) groups is 3. The van der Waals surface area contributed by atoms with Crippen LogP contribution >= 0.6 is 11.3 Å². The second-order valence-corrected chi connectivity index (χ2v) is 9.20. The molecular formula is C27H26N2O7S. The monoisotopic (exact) mass is 522 g/mol. The maximum absolute atomic E-state index is 13.4. The van der Waals surface area contributed by atoms with Gasteiger partial charge >= 0.3 is 11.9 Å². The molecule has 1 N–H and O–H groups in total. The fraction of sp³-hybridized carbons (Fsp3) is 0.259. The van der Waals surface area contributed by atoms with Crippen LogP contribution < -0.4 is 14.4 Å². The number of methoxy groups -OCH3 is 2. The van der Waals surface area contributed by atoms with Gasteiger partial charge in [0.05, 0.1) is 38.1 Å². The van der Waals surface area contributed by atoms with Gasteiger partial charge in [0.2, 0.25) is 0 Å². The number of ketones is 1. The molecule has 2 aromatic carbocycles. The van der Waals surface area contributed by atoms with Crippen LogP contribution in [0, 0.1) is 6.92 Å². The maximum Gasteiger partial charge on any atom is 0.350 e. The standard InChI is InChI=1S/C27H26N2O7S/c1-5-13-36-19-8-6-7-17(14-19)21-20(22(30)16-9-11-18(34-3)12-10-16)23(31)25(32)29(21)27-28-15(2)24(37-27)26(33)35-4/h6-12,14,21,30H,5,13H2,1-4H3/b22-20+. The maximum atomic E-state index is 13.4. The summed E-state index contributed by atoms with van der Waals surface area (Å²) in [6, 6.07) is 12.5. The van der Waals surface area contributed by atoms with Crippen molar-refractivity contribution in [1.29, 1.82) is 0 Å². The third kappa shape index (κ3) is 4.92. The molecule has 1 aliphatic rings. The number of esters is 1. The molecule has 1 aromatic heterocycles. The van der Waals surface area contributed by atoms with Gasteiger partial charge in [0.1, 0.15) is 22.1 Å². The minimum atomic E-state index is -1.01. The van der Waals surface area contributed by atoms with Gasteiger partial charge in [-0.2, -0.15) is 0 Å². The van der Waals surface area contributed by atoms with Crippen molar-refractivity contribution >= 4 is 39.9 Å².